The number of hydrogen-bond acceptors (Lipinski definition) is 4. The lowest BCUT2D eigenvalue weighted by Crippen LogP contribution is -2.34. The van der Waals surface area contributed by atoms with E-state index >= 15 is 0 Å². The van der Waals surface area contributed by atoms with Crippen molar-refractivity contribution in [3.05, 3.63) is 57.8 Å². The van der Waals surface area contributed by atoms with E-state index in [0.717, 1.165) is 0 Å². The van der Waals surface area contributed by atoms with Crippen LogP contribution in [0.1, 0.15) is 44.9 Å². The summed E-state index contributed by atoms with van der Waals surface area (Å²) in [6.45, 7) is 0. The molecule has 5 nitrogen and oxygen atoms in total. The lowest BCUT2D eigenvalue weighted by atomic mass is 10.0. The van der Waals surface area contributed by atoms with Crippen molar-refractivity contribution in [1.82, 2.24) is 5.32 Å². The Hall–Kier alpha value is -2.47. The topological polar surface area (TPSA) is 83.5 Å². The highest BCUT2D eigenvalue weighted by Crippen LogP contribution is 2.26. The minimum absolute atomic E-state index is 0.163. The number of benzene rings is 1. The molecule has 2 aromatic rings. The van der Waals surface area contributed by atoms with Gasteiger partial charge < -0.3 is 10.4 Å². The van der Waals surface area contributed by atoms with Crippen LogP contribution in [0.5, 0.6) is 0 Å². The first kappa shape index (κ1) is 16.4. The molecule has 24 heavy (non-hydrogen) atoms. The van der Waals surface area contributed by atoms with Crippen molar-refractivity contribution in [2.75, 3.05) is 0 Å². The summed E-state index contributed by atoms with van der Waals surface area (Å²) in [6, 6.07) is 10.1. The molecular weight excluding hydrogens is 326 g/mol. The first-order valence-electron chi connectivity index (χ1n) is 7.77. The van der Waals surface area contributed by atoms with Crippen LogP contribution in [0.15, 0.2) is 41.8 Å². The highest BCUT2D eigenvalue weighted by molar-refractivity contribution is 7.12. The van der Waals surface area contributed by atoms with Gasteiger partial charge in [0.25, 0.3) is 5.91 Å². The van der Waals surface area contributed by atoms with Crippen LogP contribution in [0.25, 0.3) is 0 Å². The third kappa shape index (κ3) is 3.38. The quantitative estimate of drug-likeness (QED) is 0.818. The van der Waals surface area contributed by atoms with Crippen LogP contribution >= 0.6 is 11.3 Å². The zero-order valence-electron chi connectivity index (χ0n) is 12.9. The van der Waals surface area contributed by atoms with Crippen molar-refractivity contribution in [2.24, 2.45) is 5.92 Å². The smallest absolute Gasteiger partial charge is 0.306 e. The van der Waals surface area contributed by atoms with Crippen molar-refractivity contribution in [1.29, 1.82) is 0 Å². The number of carboxylic acids is 1. The van der Waals surface area contributed by atoms with E-state index in [2.05, 4.69) is 5.32 Å². The largest absolute Gasteiger partial charge is 0.481 e. The van der Waals surface area contributed by atoms with Gasteiger partial charge >= 0.3 is 5.97 Å². The van der Waals surface area contributed by atoms with E-state index < -0.39 is 11.9 Å². The Bertz CT molecular complexity index is 769. The van der Waals surface area contributed by atoms with Crippen molar-refractivity contribution in [2.45, 2.75) is 25.3 Å². The molecule has 0 unspecified atom stereocenters. The monoisotopic (exact) mass is 343 g/mol. The molecule has 1 aromatic carbocycles. The fourth-order valence-electron chi connectivity index (χ4n) is 3.02. The average molecular weight is 343 g/mol. The molecule has 0 aliphatic heterocycles. The molecule has 1 amide bonds. The molecule has 124 valence electrons. The molecule has 3 rings (SSSR count). The highest BCUT2D eigenvalue weighted by atomic mass is 32.1. The molecule has 0 radical (unpaired) electrons. The summed E-state index contributed by atoms with van der Waals surface area (Å²) in [4.78, 5) is 36.7. The number of carbonyl (C=O) groups excluding carboxylic acids is 2. The molecule has 1 heterocycles. The summed E-state index contributed by atoms with van der Waals surface area (Å²) in [5, 5.41) is 13.7. The summed E-state index contributed by atoms with van der Waals surface area (Å²) in [7, 11) is 0. The van der Waals surface area contributed by atoms with Gasteiger partial charge in [-0.15, -0.1) is 11.3 Å². The number of nitrogens with one attached hydrogen (secondary N) is 1. The second-order valence-electron chi connectivity index (χ2n) is 5.87. The number of aliphatic carboxylic acids is 1. The molecular formula is C18H17NO4S. The minimum atomic E-state index is -0.819. The normalized spacial score (nSPS) is 19.8. The predicted molar refractivity (Wildman–Crippen MR) is 90.4 cm³/mol. The van der Waals surface area contributed by atoms with Crippen LogP contribution in [-0.4, -0.2) is 28.8 Å². The lowest BCUT2D eigenvalue weighted by molar-refractivity contribution is -0.141. The molecule has 0 bridgehead atoms. The van der Waals surface area contributed by atoms with E-state index in [1.54, 1.807) is 36.4 Å². The Morgan fingerprint density at radius 1 is 1.04 bits per heavy atom. The molecule has 0 spiro atoms. The molecule has 1 aliphatic carbocycles. The molecule has 1 fully saturated rings. The number of ketones is 1. The van der Waals surface area contributed by atoms with Crippen molar-refractivity contribution >= 4 is 29.0 Å². The van der Waals surface area contributed by atoms with Gasteiger partial charge in [-0.25, -0.2) is 0 Å². The Kier molecular flexibility index (Phi) is 4.76. The maximum Gasteiger partial charge on any atom is 0.306 e. The van der Waals surface area contributed by atoms with Crippen LogP contribution in [-0.2, 0) is 4.79 Å². The average Bonchev–Trinajstić information content (AvgIpc) is 3.26. The van der Waals surface area contributed by atoms with E-state index in [0.29, 0.717) is 35.3 Å². The Labute approximate surface area is 143 Å². The second-order valence-corrected chi connectivity index (χ2v) is 6.82. The molecule has 1 aliphatic rings. The Morgan fingerprint density at radius 2 is 1.79 bits per heavy atom. The summed E-state index contributed by atoms with van der Waals surface area (Å²) in [5.74, 6) is -1.73. The highest BCUT2D eigenvalue weighted by Gasteiger charge is 2.31. The fourth-order valence-corrected chi connectivity index (χ4v) is 3.70. The Morgan fingerprint density at radius 3 is 2.42 bits per heavy atom. The number of rotatable bonds is 5. The van der Waals surface area contributed by atoms with Gasteiger partial charge in [0.2, 0.25) is 5.78 Å². The van der Waals surface area contributed by atoms with Gasteiger partial charge in [-0.1, -0.05) is 24.3 Å². The minimum Gasteiger partial charge on any atom is -0.481 e. The van der Waals surface area contributed by atoms with E-state index in [1.165, 1.54) is 11.3 Å². The van der Waals surface area contributed by atoms with Crippen molar-refractivity contribution in [3.8, 4) is 0 Å². The molecule has 1 saturated carbocycles. The van der Waals surface area contributed by atoms with Crippen LogP contribution in [0, 0.1) is 5.92 Å². The van der Waals surface area contributed by atoms with Gasteiger partial charge in [-0.3, -0.25) is 14.4 Å². The third-order valence-electron chi connectivity index (χ3n) is 4.28. The maximum absolute atomic E-state index is 12.6. The number of carbonyl (C=O) groups is 3. The summed E-state index contributed by atoms with van der Waals surface area (Å²) < 4.78 is 0. The second kappa shape index (κ2) is 6.97. The molecule has 6 heteroatoms. The predicted octanol–water partition coefficient (Wildman–Crippen LogP) is 2.96. The van der Waals surface area contributed by atoms with E-state index in [1.807, 2.05) is 5.38 Å². The zero-order valence-corrected chi connectivity index (χ0v) is 13.7. The van der Waals surface area contributed by atoms with Crippen LogP contribution in [0.3, 0.4) is 0 Å². The number of hydrogen-bond donors (Lipinski definition) is 2. The standard InChI is InChI=1S/C18H17NO4S/c20-16(15-6-3-9-24-15)13-4-1-2-5-14(13)17(21)19-12-8-7-11(10-12)18(22)23/h1-6,9,11-12H,7-8,10H2,(H,19,21)(H,22,23)/t11-,12+/m1/s1. The number of carboxylic acid groups (broad SMARTS) is 1. The number of amides is 1. The molecule has 1 aromatic heterocycles. The summed E-state index contributed by atoms with van der Waals surface area (Å²) in [5.41, 5.74) is 0.694. The van der Waals surface area contributed by atoms with Crippen LogP contribution in [0.2, 0.25) is 0 Å². The van der Waals surface area contributed by atoms with Gasteiger partial charge in [0.1, 0.15) is 0 Å². The van der Waals surface area contributed by atoms with E-state index in [-0.39, 0.29) is 17.7 Å². The summed E-state index contributed by atoms with van der Waals surface area (Å²) in [6.07, 6.45) is 1.64. The van der Waals surface area contributed by atoms with Crippen LogP contribution < -0.4 is 5.32 Å². The lowest BCUT2D eigenvalue weighted by Gasteiger charge is -2.14. The van der Waals surface area contributed by atoms with E-state index in [9.17, 15) is 14.4 Å². The zero-order chi connectivity index (χ0) is 17.1. The molecule has 0 saturated heterocycles. The van der Waals surface area contributed by atoms with Gasteiger partial charge in [-0.05, 0) is 36.8 Å². The van der Waals surface area contributed by atoms with Crippen molar-refractivity contribution < 1.29 is 19.5 Å². The summed E-state index contributed by atoms with van der Waals surface area (Å²) >= 11 is 1.34. The maximum atomic E-state index is 12.6. The number of thiophene rings is 1. The molecule has 2 atom stereocenters. The van der Waals surface area contributed by atoms with Gasteiger partial charge in [0.15, 0.2) is 0 Å². The SMILES string of the molecule is O=C(N[C@H]1CC[C@@H](C(=O)O)C1)c1ccccc1C(=O)c1cccs1. The molecule has 2 N–H and O–H groups in total. The van der Waals surface area contributed by atoms with Gasteiger partial charge in [0, 0.05) is 11.6 Å². The fraction of sp³-hybridized carbons (Fsp3) is 0.278. The van der Waals surface area contributed by atoms with Gasteiger partial charge in [-0.2, -0.15) is 0 Å². The Balaban J connectivity index is 1.76. The van der Waals surface area contributed by atoms with Crippen LogP contribution in [0.4, 0.5) is 0 Å². The van der Waals surface area contributed by atoms with Gasteiger partial charge in [0.05, 0.1) is 16.4 Å². The third-order valence-corrected chi connectivity index (χ3v) is 5.15. The van der Waals surface area contributed by atoms with E-state index in [4.69, 9.17) is 5.11 Å². The van der Waals surface area contributed by atoms with Crippen molar-refractivity contribution in [3.63, 3.8) is 0 Å². The first-order valence-corrected chi connectivity index (χ1v) is 8.65. The first-order chi connectivity index (χ1) is 11.6.